The van der Waals surface area contributed by atoms with Crippen molar-refractivity contribution in [3.63, 3.8) is 0 Å². The molecule has 6 nitrogen and oxygen atoms in total. The smallest absolute Gasteiger partial charge is 0.222 e. The fourth-order valence-electron chi connectivity index (χ4n) is 4.29. The SMILES string of the molecule is Cc1noc(C)c1CCC(=O)N(C)[C@@H]1CC[C@@H](N2CCCC2)[C@@H]1O. The maximum Gasteiger partial charge on any atom is 0.222 e. The Morgan fingerprint density at radius 3 is 2.67 bits per heavy atom. The normalized spacial score (nSPS) is 27.8. The van der Waals surface area contributed by atoms with E-state index in [1.807, 2.05) is 20.9 Å². The molecular formula is C18H29N3O3. The average Bonchev–Trinajstić information content (AvgIpc) is 3.27. The van der Waals surface area contributed by atoms with Gasteiger partial charge in [0.1, 0.15) is 5.76 Å². The summed E-state index contributed by atoms with van der Waals surface area (Å²) < 4.78 is 5.16. The van der Waals surface area contributed by atoms with Crippen LogP contribution in [0.4, 0.5) is 0 Å². The van der Waals surface area contributed by atoms with E-state index in [0.29, 0.717) is 12.8 Å². The predicted molar refractivity (Wildman–Crippen MR) is 90.7 cm³/mol. The molecule has 0 aromatic carbocycles. The van der Waals surface area contributed by atoms with E-state index in [2.05, 4.69) is 10.1 Å². The lowest BCUT2D eigenvalue weighted by molar-refractivity contribution is -0.134. The van der Waals surface area contributed by atoms with Crippen LogP contribution in [0.25, 0.3) is 0 Å². The van der Waals surface area contributed by atoms with Crippen LogP contribution >= 0.6 is 0 Å². The molecular weight excluding hydrogens is 306 g/mol. The Morgan fingerprint density at radius 1 is 1.33 bits per heavy atom. The molecule has 134 valence electrons. The van der Waals surface area contributed by atoms with E-state index in [1.165, 1.54) is 12.8 Å². The van der Waals surface area contributed by atoms with Gasteiger partial charge in [0.15, 0.2) is 0 Å². The van der Waals surface area contributed by atoms with Crippen molar-refractivity contribution in [2.75, 3.05) is 20.1 Å². The van der Waals surface area contributed by atoms with Crippen LogP contribution in [0, 0.1) is 13.8 Å². The van der Waals surface area contributed by atoms with Gasteiger partial charge in [-0.15, -0.1) is 0 Å². The molecule has 1 aliphatic carbocycles. The minimum Gasteiger partial charge on any atom is -0.389 e. The van der Waals surface area contributed by atoms with Crippen molar-refractivity contribution < 1.29 is 14.4 Å². The summed E-state index contributed by atoms with van der Waals surface area (Å²) in [6.07, 6.45) is 4.94. The monoisotopic (exact) mass is 335 g/mol. The molecule has 6 heteroatoms. The maximum absolute atomic E-state index is 12.6. The second-order valence-corrected chi connectivity index (χ2v) is 7.25. The zero-order chi connectivity index (χ0) is 17.3. The topological polar surface area (TPSA) is 69.8 Å². The Bertz CT molecular complexity index is 561. The molecule has 1 amide bonds. The number of aromatic nitrogens is 1. The van der Waals surface area contributed by atoms with Gasteiger partial charge in [0.25, 0.3) is 0 Å². The van der Waals surface area contributed by atoms with Crippen LogP contribution in [0.3, 0.4) is 0 Å². The highest BCUT2D eigenvalue weighted by atomic mass is 16.5. The fourth-order valence-corrected chi connectivity index (χ4v) is 4.29. The van der Waals surface area contributed by atoms with Crippen LogP contribution in [0.5, 0.6) is 0 Å². The Hall–Kier alpha value is -1.40. The molecule has 1 N–H and O–H groups in total. The second kappa shape index (κ2) is 7.23. The van der Waals surface area contributed by atoms with Gasteiger partial charge in [-0.3, -0.25) is 9.69 Å². The summed E-state index contributed by atoms with van der Waals surface area (Å²) in [5, 5.41) is 14.6. The first-order chi connectivity index (χ1) is 11.5. The minimum atomic E-state index is -0.434. The Kier molecular flexibility index (Phi) is 5.25. The molecule has 0 spiro atoms. The summed E-state index contributed by atoms with van der Waals surface area (Å²) in [7, 11) is 1.83. The third-order valence-electron chi connectivity index (χ3n) is 5.82. The minimum absolute atomic E-state index is 0.0623. The summed E-state index contributed by atoms with van der Waals surface area (Å²) in [6, 6.07) is 0.156. The molecule has 3 atom stereocenters. The molecule has 0 unspecified atom stereocenters. The number of nitrogens with zero attached hydrogens (tertiary/aromatic N) is 3. The third-order valence-corrected chi connectivity index (χ3v) is 5.82. The van der Waals surface area contributed by atoms with Crippen molar-refractivity contribution in [1.29, 1.82) is 0 Å². The van der Waals surface area contributed by atoms with Gasteiger partial charge in [-0.1, -0.05) is 5.16 Å². The van der Waals surface area contributed by atoms with Crippen molar-refractivity contribution in [3.8, 4) is 0 Å². The standard InChI is InChI=1S/C18H29N3O3/c1-12-14(13(2)24-19-12)6-9-17(22)20(3)15-7-8-16(18(15)23)21-10-4-5-11-21/h15-16,18,23H,4-11H2,1-3H3/t15-,16-,18-/m1/s1. The number of likely N-dealkylation sites (tertiary alicyclic amines) is 1. The van der Waals surface area contributed by atoms with Gasteiger partial charge < -0.3 is 14.5 Å². The summed E-state index contributed by atoms with van der Waals surface area (Å²) in [5.74, 6) is 0.874. The quantitative estimate of drug-likeness (QED) is 0.886. The molecule has 2 fully saturated rings. The highest BCUT2D eigenvalue weighted by Gasteiger charge is 2.41. The molecule has 0 radical (unpaired) electrons. The highest BCUT2D eigenvalue weighted by molar-refractivity contribution is 5.76. The molecule has 2 aliphatic rings. The van der Waals surface area contributed by atoms with E-state index in [4.69, 9.17) is 4.52 Å². The fraction of sp³-hybridized carbons (Fsp3) is 0.778. The number of hydrogen-bond donors (Lipinski definition) is 1. The van der Waals surface area contributed by atoms with E-state index in [9.17, 15) is 9.90 Å². The summed E-state index contributed by atoms with van der Waals surface area (Å²) >= 11 is 0. The summed E-state index contributed by atoms with van der Waals surface area (Å²) in [5.41, 5.74) is 1.89. The number of carbonyl (C=O) groups excluding carboxylic acids is 1. The number of aliphatic hydroxyl groups excluding tert-OH is 1. The maximum atomic E-state index is 12.6. The van der Waals surface area contributed by atoms with E-state index in [-0.39, 0.29) is 18.0 Å². The summed E-state index contributed by atoms with van der Waals surface area (Å²) in [6.45, 7) is 5.95. The highest BCUT2D eigenvalue weighted by Crippen LogP contribution is 2.30. The number of aliphatic hydroxyl groups is 1. The molecule has 3 rings (SSSR count). The van der Waals surface area contributed by atoms with Crippen LogP contribution in [0.2, 0.25) is 0 Å². The number of aryl methyl sites for hydroxylation is 2. The molecule has 2 heterocycles. The molecule has 0 bridgehead atoms. The van der Waals surface area contributed by atoms with Crippen molar-refractivity contribution in [2.45, 2.75) is 70.6 Å². The molecule has 24 heavy (non-hydrogen) atoms. The van der Waals surface area contributed by atoms with Gasteiger partial charge >= 0.3 is 0 Å². The number of carbonyl (C=O) groups is 1. The zero-order valence-electron chi connectivity index (χ0n) is 15.0. The molecule has 1 saturated heterocycles. The number of rotatable bonds is 5. The Morgan fingerprint density at radius 2 is 2.04 bits per heavy atom. The lowest BCUT2D eigenvalue weighted by Gasteiger charge is -2.32. The van der Waals surface area contributed by atoms with Crippen molar-refractivity contribution in [2.24, 2.45) is 0 Å². The molecule has 1 aromatic rings. The van der Waals surface area contributed by atoms with Crippen LogP contribution < -0.4 is 0 Å². The number of hydrogen-bond acceptors (Lipinski definition) is 5. The first kappa shape index (κ1) is 17.4. The van der Waals surface area contributed by atoms with Gasteiger partial charge in [0.05, 0.1) is 17.8 Å². The second-order valence-electron chi connectivity index (χ2n) is 7.25. The Balaban J connectivity index is 1.55. The third kappa shape index (κ3) is 3.35. The van der Waals surface area contributed by atoms with Crippen LogP contribution in [0.15, 0.2) is 4.52 Å². The zero-order valence-corrected chi connectivity index (χ0v) is 15.0. The van der Waals surface area contributed by atoms with Crippen LogP contribution in [0.1, 0.15) is 49.1 Å². The predicted octanol–water partition coefficient (Wildman–Crippen LogP) is 1.67. The van der Waals surface area contributed by atoms with Gasteiger partial charge in [-0.25, -0.2) is 0 Å². The Labute approximate surface area is 143 Å². The van der Waals surface area contributed by atoms with Gasteiger partial charge in [-0.2, -0.15) is 0 Å². The summed E-state index contributed by atoms with van der Waals surface area (Å²) in [4.78, 5) is 16.7. The molecule has 1 aliphatic heterocycles. The van der Waals surface area contributed by atoms with Gasteiger partial charge in [-0.05, 0) is 59.0 Å². The van der Waals surface area contributed by atoms with Gasteiger partial charge in [0.2, 0.25) is 5.91 Å². The van der Waals surface area contributed by atoms with Crippen molar-refractivity contribution >= 4 is 5.91 Å². The first-order valence-electron chi connectivity index (χ1n) is 9.08. The molecule has 1 aromatic heterocycles. The van der Waals surface area contributed by atoms with Crippen molar-refractivity contribution in [1.82, 2.24) is 15.0 Å². The first-order valence-corrected chi connectivity index (χ1v) is 9.08. The lowest BCUT2D eigenvalue weighted by Crippen LogP contribution is -2.48. The van der Waals surface area contributed by atoms with Gasteiger partial charge in [0, 0.05) is 25.1 Å². The largest absolute Gasteiger partial charge is 0.389 e. The van der Waals surface area contributed by atoms with E-state index in [0.717, 1.165) is 42.9 Å². The van der Waals surface area contributed by atoms with Crippen LogP contribution in [-0.2, 0) is 11.2 Å². The number of likely N-dealkylation sites (N-methyl/N-ethyl adjacent to an activating group) is 1. The van der Waals surface area contributed by atoms with Crippen molar-refractivity contribution in [3.05, 3.63) is 17.0 Å². The van der Waals surface area contributed by atoms with E-state index < -0.39 is 6.10 Å². The average molecular weight is 335 g/mol. The van der Waals surface area contributed by atoms with Crippen LogP contribution in [-0.4, -0.2) is 64.3 Å². The van der Waals surface area contributed by atoms with E-state index >= 15 is 0 Å². The lowest BCUT2D eigenvalue weighted by atomic mass is 10.1. The molecule has 1 saturated carbocycles. The van der Waals surface area contributed by atoms with E-state index in [1.54, 1.807) is 4.90 Å². The number of amides is 1.